The molecule has 0 spiro atoms. The summed E-state index contributed by atoms with van der Waals surface area (Å²) in [5.74, 6) is -0.464. The number of methoxy groups -OCH3 is 1. The summed E-state index contributed by atoms with van der Waals surface area (Å²) in [6, 6.07) is 11.0. The van der Waals surface area contributed by atoms with Crippen molar-refractivity contribution in [3.05, 3.63) is 58.1 Å². The van der Waals surface area contributed by atoms with Gasteiger partial charge in [0.05, 0.1) is 25.2 Å². The maximum Gasteiger partial charge on any atom is 0.293 e. The minimum Gasteiger partial charge on any atom is -0.493 e. The van der Waals surface area contributed by atoms with E-state index in [0.717, 1.165) is 0 Å². The molecule has 1 aliphatic heterocycles. The average Bonchev–Trinajstić information content (AvgIpc) is 2.81. The van der Waals surface area contributed by atoms with E-state index >= 15 is 0 Å². The third kappa shape index (κ3) is 5.60. The number of hydrazine groups is 1. The summed E-state index contributed by atoms with van der Waals surface area (Å²) in [5.41, 5.74) is 4.70. The normalized spacial score (nSPS) is 13.3. The number of ether oxygens (including phenoxy) is 3. The zero-order valence-corrected chi connectivity index (χ0v) is 16.8. The summed E-state index contributed by atoms with van der Waals surface area (Å²) in [6.07, 6.45) is 0. The van der Waals surface area contributed by atoms with Crippen LogP contribution in [0.5, 0.6) is 11.5 Å². The molecule has 0 atom stereocenters. The van der Waals surface area contributed by atoms with Gasteiger partial charge in [0, 0.05) is 24.7 Å². The van der Waals surface area contributed by atoms with Crippen LogP contribution in [0.3, 0.4) is 0 Å². The number of carbonyl (C=O) groups excluding carboxylic acids is 2. The first-order chi connectivity index (χ1) is 15.0. The number of benzene rings is 2. The first-order valence-corrected chi connectivity index (χ1v) is 9.45. The number of morpholine rings is 1. The maximum atomic E-state index is 12.3. The lowest BCUT2D eigenvalue weighted by molar-refractivity contribution is -0.384. The van der Waals surface area contributed by atoms with Crippen LogP contribution in [-0.4, -0.2) is 56.8 Å². The molecule has 0 bridgehead atoms. The third-order valence-corrected chi connectivity index (χ3v) is 4.53. The summed E-state index contributed by atoms with van der Waals surface area (Å²) in [5, 5.41) is 11.5. The molecule has 2 aromatic carbocycles. The van der Waals surface area contributed by atoms with Gasteiger partial charge in [-0.3, -0.25) is 30.6 Å². The van der Waals surface area contributed by atoms with Crippen LogP contribution in [0.1, 0.15) is 10.4 Å². The van der Waals surface area contributed by atoms with Gasteiger partial charge in [0.1, 0.15) is 5.69 Å². The minimum absolute atomic E-state index is 0.0367. The number of para-hydroxylation sites is 2. The average molecular weight is 430 g/mol. The number of amides is 2. The highest BCUT2D eigenvalue weighted by Crippen LogP contribution is 2.30. The number of nitro groups is 1. The van der Waals surface area contributed by atoms with Gasteiger partial charge in [-0.1, -0.05) is 12.1 Å². The van der Waals surface area contributed by atoms with Crippen LogP contribution in [0.4, 0.5) is 11.4 Å². The number of anilines is 1. The summed E-state index contributed by atoms with van der Waals surface area (Å²) in [6.45, 7) is 1.63. The minimum atomic E-state index is -0.692. The van der Waals surface area contributed by atoms with E-state index in [-0.39, 0.29) is 17.9 Å². The van der Waals surface area contributed by atoms with Crippen LogP contribution < -0.4 is 25.2 Å². The smallest absolute Gasteiger partial charge is 0.293 e. The van der Waals surface area contributed by atoms with Crippen LogP contribution in [0.25, 0.3) is 0 Å². The lowest BCUT2D eigenvalue weighted by Gasteiger charge is -2.28. The highest BCUT2D eigenvalue weighted by molar-refractivity contribution is 5.96. The number of rotatable bonds is 7. The summed E-state index contributed by atoms with van der Waals surface area (Å²) in [7, 11) is 1.48. The zero-order valence-electron chi connectivity index (χ0n) is 16.8. The Morgan fingerprint density at radius 2 is 1.84 bits per heavy atom. The molecule has 2 aromatic rings. The number of nitrogens with one attached hydrogen (secondary N) is 2. The van der Waals surface area contributed by atoms with Crippen LogP contribution in [-0.2, 0) is 9.53 Å². The lowest BCUT2D eigenvalue weighted by Crippen LogP contribution is -2.43. The Morgan fingerprint density at radius 3 is 2.52 bits per heavy atom. The second-order valence-corrected chi connectivity index (χ2v) is 6.50. The van der Waals surface area contributed by atoms with Crippen LogP contribution in [0.15, 0.2) is 42.5 Å². The van der Waals surface area contributed by atoms with E-state index in [1.54, 1.807) is 24.3 Å². The fourth-order valence-electron chi connectivity index (χ4n) is 3.00. The van der Waals surface area contributed by atoms with E-state index in [9.17, 15) is 19.7 Å². The molecule has 0 saturated carbocycles. The van der Waals surface area contributed by atoms with Gasteiger partial charge in [0.25, 0.3) is 17.5 Å². The van der Waals surface area contributed by atoms with Gasteiger partial charge in [0.2, 0.25) is 0 Å². The van der Waals surface area contributed by atoms with Gasteiger partial charge in [-0.05, 0) is 24.3 Å². The van der Waals surface area contributed by atoms with Gasteiger partial charge < -0.3 is 19.1 Å². The molecule has 0 unspecified atom stereocenters. The van der Waals surface area contributed by atoms with Gasteiger partial charge >= 0.3 is 0 Å². The Bertz CT molecular complexity index is 960. The SMILES string of the molecule is COc1ccccc1OCC(=O)NNC(=O)c1ccc(N2CCOCC2)c([N+](=O)[O-])c1. The number of nitrogens with zero attached hydrogens (tertiary/aromatic N) is 2. The fourth-order valence-corrected chi connectivity index (χ4v) is 3.00. The Hall–Kier alpha value is -3.86. The van der Waals surface area contributed by atoms with Crippen LogP contribution in [0.2, 0.25) is 0 Å². The molecule has 1 fully saturated rings. The van der Waals surface area contributed by atoms with E-state index in [2.05, 4.69) is 10.9 Å². The predicted octanol–water partition coefficient (Wildman–Crippen LogP) is 1.28. The molecule has 2 amide bonds. The molecule has 0 aliphatic carbocycles. The van der Waals surface area contributed by atoms with E-state index < -0.39 is 16.7 Å². The number of hydrogen-bond donors (Lipinski definition) is 2. The summed E-state index contributed by atoms with van der Waals surface area (Å²) >= 11 is 0. The van der Waals surface area contributed by atoms with Crippen molar-refractivity contribution >= 4 is 23.2 Å². The van der Waals surface area contributed by atoms with Crippen molar-refractivity contribution in [1.82, 2.24) is 10.9 Å². The standard InChI is InChI=1S/C20H22N4O7/c1-29-17-4-2-3-5-18(17)31-13-19(25)21-22-20(26)14-6-7-15(16(12-14)24(27)28)23-8-10-30-11-9-23/h2-7,12H,8-11,13H2,1H3,(H,21,25)(H,22,26). The zero-order chi connectivity index (χ0) is 22.2. The topological polar surface area (TPSA) is 132 Å². The van der Waals surface area contributed by atoms with E-state index in [4.69, 9.17) is 14.2 Å². The van der Waals surface area contributed by atoms with Crippen molar-refractivity contribution < 1.29 is 28.7 Å². The molecule has 1 heterocycles. The largest absolute Gasteiger partial charge is 0.493 e. The predicted molar refractivity (Wildman–Crippen MR) is 110 cm³/mol. The Morgan fingerprint density at radius 1 is 1.13 bits per heavy atom. The Balaban J connectivity index is 1.59. The second-order valence-electron chi connectivity index (χ2n) is 6.50. The maximum absolute atomic E-state index is 12.3. The monoisotopic (exact) mass is 430 g/mol. The van der Waals surface area contributed by atoms with Gasteiger partial charge in [-0.15, -0.1) is 0 Å². The molecular formula is C20H22N4O7. The lowest BCUT2D eigenvalue weighted by atomic mass is 10.1. The molecular weight excluding hydrogens is 408 g/mol. The number of carbonyl (C=O) groups is 2. The molecule has 164 valence electrons. The Kier molecular flexibility index (Phi) is 7.22. The van der Waals surface area contributed by atoms with Crippen LogP contribution in [0, 0.1) is 10.1 Å². The van der Waals surface area contributed by atoms with Crippen molar-refractivity contribution in [2.45, 2.75) is 0 Å². The van der Waals surface area contributed by atoms with Gasteiger partial charge in [0.15, 0.2) is 18.1 Å². The van der Waals surface area contributed by atoms with Crippen molar-refractivity contribution in [3.8, 4) is 11.5 Å². The molecule has 3 rings (SSSR count). The Labute approximate surface area is 178 Å². The second kappa shape index (κ2) is 10.3. The molecule has 2 N–H and O–H groups in total. The highest BCUT2D eigenvalue weighted by atomic mass is 16.6. The summed E-state index contributed by atoms with van der Waals surface area (Å²) in [4.78, 5) is 37.1. The first kappa shape index (κ1) is 21.8. The third-order valence-electron chi connectivity index (χ3n) is 4.53. The number of hydrogen-bond acceptors (Lipinski definition) is 8. The molecule has 11 heteroatoms. The van der Waals surface area contributed by atoms with Crippen LogP contribution >= 0.6 is 0 Å². The molecule has 1 saturated heterocycles. The highest BCUT2D eigenvalue weighted by Gasteiger charge is 2.23. The first-order valence-electron chi connectivity index (χ1n) is 9.45. The van der Waals surface area contributed by atoms with E-state index in [1.165, 1.54) is 25.3 Å². The summed E-state index contributed by atoms with van der Waals surface area (Å²) < 4.78 is 15.8. The fraction of sp³-hybridized carbons (Fsp3) is 0.300. The molecule has 31 heavy (non-hydrogen) atoms. The van der Waals surface area contributed by atoms with Gasteiger partial charge in [-0.2, -0.15) is 0 Å². The molecule has 0 aromatic heterocycles. The quantitative estimate of drug-likeness (QED) is 0.496. The van der Waals surface area contributed by atoms with Crippen molar-refractivity contribution in [2.24, 2.45) is 0 Å². The molecule has 11 nitrogen and oxygen atoms in total. The molecule has 1 aliphatic rings. The number of nitro benzene ring substituents is 1. The van der Waals surface area contributed by atoms with E-state index in [1.807, 2.05) is 4.90 Å². The van der Waals surface area contributed by atoms with Crippen molar-refractivity contribution in [2.75, 3.05) is 44.9 Å². The van der Waals surface area contributed by atoms with E-state index in [0.29, 0.717) is 43.5 Å². The molecule has 0 radical (unpaired) electrons. The van der Waals surface area contributed by atoms with Crippen molar-refractivity contribution in [3.63, 3.8) is 0 Å². The van der Waals surface area contributed by atoms with Gasteiger partial charge in [-0.25, -0.2) is 0 Å². The van der Waals surface area contributed by atoms with Crippen molar-refractivity contribution in [1.29, 1.82) is 0 Å².